The number of pyridine rings is 1. The lowest BCUT2D eigenvalue weighted by Crippen LogP contribution is -2.35. The highest BCUT2D eigenvalue weighted by atomic mass is 19.4. The molecule has 0 saturated carbocycles. The number of aromatic nitrogens is 4. The molecule has 0 atom stereocenters. The summed E-state index contributed by atoms with van der Waals surface area (Å²) in [6.45, 7) is 1.75. The van der Waals surface area contributed by atoms with Crippen LogP contribution < -0.4 is 10.2 Å². The second kappa shape index (κ2) is 9.92. The van der Waals surface area contributed by atoms with Crippen molar-refractivity contribution < 1.29 is 26.7 Å². The molecule has 34 heavy (non-hydrogen) atoms. The molecule has 3 aromatic rings. The van der Waals surface area contributed by atoms with E-state index in [4.69, 9.17) is 4.74 Å². The van der Waals surface area contributed by atoms with Crippen LogP contribution in [0, 0.1) is 5.92 Å². The molecule has 1 saturated heterocycles. The van der Waals surface area contributed by atoms with Crippen LogP contribution in [-0.4, -0.2) is 46.6 Å². The fraction of sp³-hybridized carbons (Fsp3) is 0.409. The monoisotopic (exact) mass is 482 g/mol. The van der Waals surface area contributed by atoms with Crippen LogP contribution in [0.15, 0.2) is 42.7 Å². The van der Waals surface area contributed by atoms with Crippen LogP contribution in [0.3, 0.4) is 0 Å². The van der Waals surface area contributed by atoms with Crippen molar-refractivity contribution in [3.05, 3.63) is 53.9 Å². The SMILES string of the molecule is COCC1CCN(c2cc(C(F)(F)F)cc(Nc3ncn(-c4cccc(C(F)F)c4)n3)n2)CC1. The van der Waals surface area contributed by atoms with E-state index in [0.717, 1.165) is 25.0 Å². The number of piperidine rings is 1. The first-order valence-corrected chi connectivity index (χ1v) is 10.6. The zero-order valence-corrected chi connectivity index (χ0v) is 18.3. The average Bonchev–Trinajstić information content (AvgIpc) is 3.27. The van der Waals surface area contributed by atoms with Gasteiger partial charge in [0, 0.05) is 32.4 Å². The molecular weight excluding hydrogens is 459 g/mol. The van der Waals surface area contributed by atoms with E-state index in [9.17, 15) is 22.0 Å². The minimum atomic E-state index is -4.56. The minimum Gasteiger partial charge on any atom is -0.384 e. The Morgan fingerprint density at radius 1 is 1.15 bits per heavy atom. The van der Waals surface area contributed by atoms with E-state index in [1.807, 2.05) is 4.90 Å². The van der Waals surface area contributed by atoms with Gasteiger partial charge in [0.2, 0.25) is 5.95 Å². The molecule has 0 unspecified atom stereocenters. The molecule has 0 amide bonds. The Morgan fingerprint density at radius 3 is 2.59 bits per heavy atom. The van der Waals surface area contributed by atoms with Gasteiger partial charge in [-0.25, -0.2) is 18.4 Å². The van der Waals surface area contributed by atoms with Crippen molar-refractivity contribution in [2.75, 3.05) is 37.0 Å². The maximum atomic E-state index is 13.6. The number of hydrogen-bond donors (Lipinski definition) is 1. The van der Waals surface area contributed by atoms with E-state index in [2.05, 4.69) is 20.4 Å². The van der Waals surface area contributed by atoms with Crippen molar-refractivity contribution in [2.45, 2.75) is 25.4 Å². The molecule has 2 aromatic heterocycles. The number of anilines is 3. The Bertz CT molecular complexity index is 1110. The largest absolute Gasteiger partial charge is 0.416 e. The number of rotatable bonds is 7. The van der Waals surface area contributed by atoms with Crippen LogP contribution in [0.5, 0.6) is 0 Å². The van der Waals surface area contributed by atoms with Gasteiger partial charge in [-0.1, -0.05) is 12.1 Å². The highest BCUT2D eigenvalue weighted by Gasteiger charge is 2.33. The molecule has 1 aliphatic heterocycles. The number of halogens is 5. The average molecular weight is 482 g/mol. The minimum absolute atomic E-state index is 0.0148. The molecule has 0 spiro atoms. The second-order valence-electron chi connectivity index (χ2n) is 8.02. The van der Waals surface area contributed by atoms with Crippen LogP contribution in [0.2, 0.25) is 0 Å². The topological polar surface area (TPSA) is 68.1 Å². The van der Waals surface area contributed by atoms with Gasteiger partial charge in [-0.15, -0.1) is 5.10 Å². The van der Waals surface area contributed by atoms with Crippen molar-refractivity contribution in [3.63, 3.8) is 0 Å². The van der Waals surface area contributed by atoms with E-state index >= 15 is 0 Å². The summed E-state index contributed by atoms with van der Waals surface area (Å²) in [6.07, 6.45) is -4.35. The maximum absolute atomic E-state index is 13.6. The third kappa shape index (κ3) is 5.61. The summed E-state index contributed by atoms with van der Waals surface area (Å²) in [4.78, 5) is 10.2. The number of methoxy groups -OCH3 is 1. The Labute approximate surface area is 192 Å². The smallest absolute Gasteiger partial charge is 0.384 e. The van der Waals surface area contributed by atoms with Crippen molar-refractivity contribution >= 4 is 17.6 Å². The van der Waals surface area contributed by atoms with Gasteiger partial charge < -0.3 is 15.0 Å². The lowest BCUT2D eigenvalue weighted by molar-refractivity contribution is -0.137. The van der Waals surface area contributed by atoms with Gasteiger partial charge in [0.05, 0.1) is 11.3 Å². The molecule has 1 aromatic carbocycles. The zero-order chi connectivity index (χ0) is 24.3. The number of benzene rings is 1. The van der Waals surface area contributed by atoms with Crippen LogP contribution in [0.25, 0.3) is 5.69 Å². The molecule has 3 heterocycles. The maximum Gasteiger partial charge on any atom is 0.416 e. The van der Waals surface area contributed by atoms with E-state index in [0.29, 0.717) is 31.3 Å². The molecular formula is C22H23F5N6O. The van der Waals surface area contributed by atoms with E-state index in [-0.39, 0.29) is 23.1 Å². The predicted molar refractivity (Wildman–Crippen MR) is 116 cm³/mol. The first kappa shape index (κ1) is 23.9. The van der Waals surface area contributed by atoms with Gasteiger partial charge in [0.15, 0.2) is 0 Å². The van der Waals surface area contributed by atoms with Crippen LogP contribution in [-0.2, 0) is 10.9 Å². The predicted octanol–water partition coefficient (Wildman–Crippen LogP) is 5.23. The quantitative estimate of drug-likeness (QED) is 0.466. The Hall–Kier alpha value is -3.28. The van der Waals surface area contributed by atoms with E-state index in [1.165, 1.54) is 29.2 Å². The second-order valence-corrected chi connectivity index (χ2v) is 8.02. The zero-order valence-electron chi connectivity index (χ0n) is 18.3. The first-order chi connectivity index (χ1) is 16.2. The summed E-state index contributed by atoms with van der Waals surface area (Å²) in [5.41, 5.74) is -0.681. The molecule has 4 rings (SSSR count). The number of alkyl halides is 5. The lowest BCUT2D eigenvalue weighted by Gasteiger charge is -2.33. The van der Waals surface area contributed by atoms with Gasteiger partial charge in [0.25, 0.3) is 6.43 Å². The summed E-state index contributed by atoms with van der Waals surface area (Å²) in [5.74, 6) is 0.487. The highest BCUT2D eigenvalue weighted by molar-refractivity contribution is 5.56. The number of hydrogen-bond acceptors (Lipinski definition) is 6. The molecule has 0 bridgehead atoms. The first-order valence-electron chi connectivity index (χ1n) is 10.6. The highest BCUT2D eigenvalue weighted by Crippen LogP contribution is 2.34. The van der Waals surface area contributed by atoms with E-state index < -0.39 is 18.2 Å². The summed E-state index contributed by atoms with van der Waals surface area (Å²) in [5, 5.41) is 6.84. The number of ether oxygens (including phenoxy) is 1. The van der Waals surface area contributed by atoms with Crippen molar-refractivity contribution in [1.82, 2.24) is 19.7 Å². The molecule has 0 radical (unpaired) electrons. The molecule has 182 valence electrons. The van der Waals surface area contributed by atoms with Crippen LogP contribution in [0.4, 0.5) is 39.5 Å². The third-order valence-corrected chi connectivity index (χ3v) is 5.60. The molecule has 1 aliphatic rings. The summed E-state index contributed by atoms with van der Waals surface area (Å²) < 4.78 is 73.0. The van der Waals surface area contributed by atoms with Gasteiger partial charge >= 0.3 is 6.18 Å². The number of nitrogens with one attached hydrogen (secondary N) is 1. The van der Waals surface area contributed by atoms with Crippen LogP contribution >= 0.6 is 0 Å². The van der Waals surface area contributed by atoms with E-state index in [1.54, 1.807) is 13.2 Å². The molecule has 7 nitrogen and oxygen atoms in total. The fourth-order valence-electron chi connectivity index (χ4n) is 3.83. The van der Waals surface area contributed by atoms with Crippen molar-refractivity contribution in [3.8, 4) is 5.69 Å². The molecule has 1 fully saturated rings. The fourth-order valence-corrected chi connectivity index (χ4v) is 3.83. The molecule has 0 aliphatic carbocycles. The Balaban J connectivity index is 1.56. The van der Waals surface area contributed by atoms with Crippen LogP contribution in [0.1, 0.15) is 30.4 Å². The summed E-state index contributed by atoms with van der Waals surface area (Å²) >= 11 is 0. The number of nitrogens with zero attached hydrogens (tertiary/aromatic N) is 5. The van der Waals surface area contributed by atoms with Gasteiger partial charge in [-0.2, -0.15) is 18.2 Å². The lowest BCUT2D eigenvalue weighted by atomic mass is 9.98. The standard InChI is InChI=1S/C22H23F5N6O/c1-34-12-14-5-7-32(8-6-14)19-11-16(22(25,26)27)10-18(29-19)30-21-28-13-33(31-21)17-4-2-3-15(9-17)20(23)24/h2-4,9-11,13-14,20H,5-8,12H2,1H3,(H,29,30,31). The van der Waals surface area contributed by atoms with Gasteiger partial charge in [-0.05, 0) is 43.0 Å². The normalized spacial score (nSPS) is 15.2. The summed E-state index contributed by atoms with van der Waals surface area (Å²) in [7, 11) is 1.63. The van der Waals surface area contributed by atoms with Gasteiger partial charge in [-0.3, -0.25) is 0 Å². The van der Waals surface area contributed by atoms with Gasteiger partial charge in [0.1, 0.15) is 18.0 Å². The molecule has 12 heteroatoms. The Morgan fingerprint density at radius 2 is 1.91 bits per heavy atom. The summed E-state index contributed by atoms with van der Waals surface area (Å²) in [6, 6.07) is 7.50. The Kier molecular flexibility index (Phi) is 6.96. The third-order valence-electron chi connectivity index (χ3n) is 5.60. The van der Waals surface area contributed by atoms with Crippen molar-refractivity contribution in [1.29, 1.82) is 0 Å². The van der Waals surface area contributed by atoms with Crippen molar-refractivity contribution in [2.24, 2.45) is 5.92 Å². The molecule has 1 N–H and O–H groups in total.